The van der Waals surface area contributed by atoms with Crippen molar-refractivity contribution in [3.8, 4) is 5.75 Å². The first-order chi connectivity index (χ1) is 9.61. The number of piperidine rings is 1. The summed E-state index contributed by atoms with van der Waals surface area (Å²) in [6, 6.07) is 3.71. The number of carbonyl (C=O) groups is 1. The monoisotopic (exact) mass is 281 g/mol. The number of hydrogen-bond donors (Lipinski definition) is 1. The van der Waals surface area contributed by atoms with Crippen LogP contribution in [0.3, 0.4) is 0 Å². The summed E-state index contributed by atoms with van der Waals surface area (Å²) in [6.07, 6.45) is 1.83. The van der Waals surface area contributed by atoms with E-state index in [0.717, 1.165) is 25.5 Å². The Morgan fingerprint density at radius 3 is 2.75 bits per heavy atom. The van der Waals surface area contributed by atoms with E-state index < -0.39 is 11.6 Å². The number of aromatic hydroxyl groups is 1. The molecule has 0 atom stereocenters. The van der Waals surface area contributed by atoms with Gasteiger partial charge in [-0.3, -0.25) is 4.79 Å². The van der Waals surface area contributed by atoms with Gasteiger partial charge in [-0.15, -0.1) is 0 Å². The Morgan fingerprint density at radius 1 is 1.45 bits per heavy atom. The molecule has 20 heavy (non-hydrogen) atoms. The van der Waals surface area contributed by atoms with E-state index in [4.69, 9.17) is 4.74 Å². The van der Waals surface area contributed by atoms with Gasteiger partial charge in [-0.2, -0.15) is 0 Å². The van der Waals surface area contributed by atoms with E-state index in [1.165, 1.54) is 12.1 Å². The number of nitrogens with zero attached hydrogens (tertiary/aromatic N) is 1. The van der Waals surface area contributed by atoms with E-state index >= 15 is 0 Å². The Kier molecular flexibility index (Phi) is 4.95. The van der Waals surface area contributed by atoms with E-state index in [2.05, 4.69) is 0 Å². The minimum Gasteiger partial charge on any atom is -0.505 e. The lowest BCUT2D eigenvalue weighted by Gasteiger charge is -2.31. The molecule has 1 N–H and O–H groups in total. The van der Waals surface area contributed by atoms with Crippen LogP contribution >= 0.6 is 0 Å². The molecule has 0 aliphatic carbocycles. The van der Waals surface area contributed by atoms with Crippen LogP contribution in [-0.2, 0) is 4.74 Å². The van der Waals surface area contributed by atoms with Crippen LogP contribution < -0.4 is 0 Å². The van der Waals surface area contributed by atoms with Crippen LogP contribution in [0.5, 0.6) is 5.75 Å². The molecular weight excluding hydrogens is 261 g/mol. The zero-order valence-corrected chi connectivity index (χ0v) is 11.6. The summed E-state index contributed by atoms with van der Waals surface area (Å²) in [5, 5.41) is 9.32. The first-order valence-corrected chi connectivity index (χ1v) is 6.97. The number of rotatable bonds is 4. The molecule has 0 radical (unpaired) electrons. The van der Waals surface area contributed by atoms with Gasteiger partial charge >= 0.3 is 0 Å². The maximum absolute atomic E-state index is 13.0. The zero-order chi connectivity index (χ0) is 14.5. The summed E-state index contributed by atoms with van der Waals surface area (Å²) in [6.45, 7) is 4.78. The van der Waals surface area contributed by atoms with E-state index in [0.29, 0.717) is 31.2 Å². The second kappa shape index (κ2) is 6.70. The third kappa shape index (κ3) is 3.48. The van der Waals surface area contributed by atoms with Gasteiger partial charge in [0.25, 0.3) is 5.91 Å². The molecule has 5 heteroatoms. The third-order valence-corrected chi connectivity index (χ3v) is 3.65. The molecule has 0 bridgehead atoms. The number of phenols is 1. The molecule has 0 saturated carbocycles. The van der Waals surface area contributed by atoms with Crippen LogP contribution in [-0.4, -0.2) is 42.2 Å². The number of amides is 1. The molecule has 1 aliphatic rings. The maximum Gasteiger partial charge on any atom is 0.253 e. The van der Waals surface area contributed by atoms with Crippen LogP contribution in [0.2, 0.25) is 0 Å². The van der Waals surface area contributed by atoms with Gasteiger partial charge < -0.3 is 14.7 Å². The van der Waals surface area contributed by atoms with E-state index in [1.807, 2.05) is 6.92 Å². The highest BCUT2D eigenvalue weighted by Crippen LogP contribution is 2.22. The molecule has 0 spiro atoms. The Bertz CT molecular complexity index is 470. The van der Waals surface area contributed by atoms with E-state index in [-0.39, 0.29) is 5.91 Å². The van der Waals surface area contributed by atoms with Crippen molar-refractivity contribution in [3.05, 3.63) is 29.6 Å². The van der Waals surface area contributed by atoms with Gasteiger partial charge in [-0.1, -0.05) is 0 Å². The average Bonchev–Trinajstić information content (AvgIpc) is 2.48. The van der Waals surface area contributed by atoms with Crippen LogP contribution in [0.4, 0.5) is 4.39 Å². The van der Waals surface area contributed by atoms with E-state index in [1.54, 1.807) is 4.90 Å². The van der Waals surface area contributed by atoms with Crippen molar-refractivity contribution in [2.24, 2.45) is 5.92 Å². The lowest BCUT2D eigenvalue weighted by atomic mass is 9.97. The Morgan fingerprint density at radius 2 is 2.15 bits per heavy atom. The Labute approximate surface area is 118 Å². The second-order valence-corrected chi connectivity index (χ2v) is 5.06. The van der Waals surface area contributed by atoms with Crippen molar-refractivity contribution in [2.75, 3.05) is 26.3 Å². The van der Waals surface area contributed by atoms with Crippen LogP contribution in [0, 0.1) is 11.7 Å². The largest absolute Gasteiger partial charge is 0.505 e. The zero-order valence-electron chi connectivity index (χ0n) is 11.6. The van der Waals surface area contributed by atoms with Crippen LogP contribution in [0.1, 0.15) is 30.1 Å². The predicted molar refractivity (Wildman–Crippen MR) is 73.2 cm³/mol. The number of ether oxygens (including phenoxy) is 1. The normalized spacial score (nSPS) is 16.4. The fourth-order valence-electron chi connectivity index (χ4n) is 2.42. The first-order valence-electron chi connectivity index (χ1n) is 6.97. The first kappa shape index (κ1) is 14.8. The molecule has 1 saturated heterocycles. The van der Waals surface area contributed by atoms with Crippen LogP contribution in [0.25, 0.3) is 0 Å². The SMILES string of the molecule is CCOCC1CCN(C(=O)c2ccc(F)c(O)c2)CC1. The molecule has 0 unspecified atom stereocenters. The molecule has 1 aromatic rings. The standard InChI is InChI=1S/C15H20FNO3/c1-2-20-10-11-5-7-17(8-6-11)15(19)12-3-4-13(16)14(18)9-12/h3-4,9,11,18H,2,5-8,10H2,1H3. The van der Waals surface area contributed by atoms with E-state index in [9.17, 15) is 14.3 Å². The van der Waals surface area contributed by atoms with Gasteiger partial charge in [0.1, 0.15) is 0 Å². The van der Waals surface area contributed by atoms with Crippen molar-refractivity contribution in [3.63, 3.8) is 0 Å². The van der Waals surface area contributed by atoms with Gasteiger partial charge in [0, 0.05) is 31.9 Å². The molecule has 4 nitrogen and oxygen atoms in total. The summed E-state index contributed by atoms with van der Waals surface area (Å²) in [5.41, 5.74) is 0.326. The minimum absolute atomic E-state index is 0.157. The van der Waals surface area contributed by atoms with Crippen molar-refractivity contribution < 1.29 is 19.0 Å². The van der Waals surface area contributed by atoms with Crippen molar-refractivity contribution in [1.82, 2.24) is 4.90 Å². The molecule has 1 amide bonds. The molecule has 1 aliphatic heterocycles. The number of carbonyl (C=O) groups excluding carboxylic acids is 1. The van der Waals surface area contributed by atoms with Gasteiger partial charge in [-0.05, 0) is 43.9 Å². The topological polar surface area (TPSA) is 49.8 Å². The van der Waals surface area contributed by atoms with Gasteiger partial charge in [-0.25, -0.2) is 4.39 Å². The fraction of sp³-hybridized carbons (Fsp3) is 0.533. The summed E-state index contributed by atoms with van der Waals surface area (Å²) < 4.78 is 18.4. The fourth-order valence-corrected chi connectivity index (χ4v) is 2.42. The maximum atomic E-state index is 13.0. The molecule has 110 valence electrons. The molecule has 1 fully saturated rings. The molecule has 1 heterocycles. The molecule has 2 rings (SSSR count). The van der Waals surface area contributed by atoms with Gasteiger partial charge in [0.15, 0.2) is 11.6 Å². The number of hydrogen-bond acceptors (Lipinski definition) is 3. The summed E-state index contributed by atoms with van der Waals surface area (Å²) in [7, 11) is 0. The predicted octanol–water partition coefficient (Wildman–Crippen LogP) is 2.42. The highest BCUT2D eigenvalue weighted by atomic mass is 19.1. The smallest absolute Gasteiger partial charge is 0.253 e. The Hall–Kier alpha value is -1.62. The van der Waals surface area contributed by atoms with Crippen molar-refractivity contribution in [2.45, 2.75) is 19.8 Å². The van der Waals surface area contributed by atoms with Crippen molar-refractivity contribution in [1.29, 1.82) is 0 Å². The average molecular weight is 281 g/mol. The molecule has 1 aromatic carbocycles. The number of likely N-dealkylation sites (tertiary alicyclic amines) is 1. The second-order valence-electron chi connectivity index (χ2n) is 5.06. The van der Waals surface area contributed by atoms with Gasteiger partial charge in [0.2, 0.25) is 0 Å². The third-order valence-electron chi connectivity index (χ3n) is 3.65. The quantitative estimate of drug-likeness (QED) is 0.922. The molecule has 0 aromatic heterocycles. The number of phenolic OH excluding ortho intramolecular Hbond substituents is 1. The summed E-state index contributed by atoms with van der Waals surface area (Å²) in [5.74, 6) is -0.852. The van der Waals surface area contributed by atoms with Gasteiger partial charge in [0.05, 0.1) is 0 Å². The number of halogens is 1. The van der Waals surface area contributed by atoms with Crippen molar-refractivity contribution >= 4 is 5.91 Å². The molecular formula is C15H20FNO3. The number of benzene rings is 1. The minimum atomic E-state index is -0.711. The summed E-state index contributed by atoms with van der Waals surface area (Å²) >= 11 is 0. The highest BCUT2D eigenvalue weighted by molar-refractivity contribution is 5.94. The lowest BCUT2D eigenvalue weighted by Crippen LogP contribution is -2.39. The summed E-state index contributed by atoms with van der Waals surface area (Å²) in [4.78, 5) is 14.0. The Balaban J connectivity index is 1.92. The van der Waals surface area contributed by atoms with Crippen LogP contribution in [0.15, 0.2) is 18.2 Å². The lowest BCUT2D eigenvalue weighted by molar-refractivity contribution is 0.0551. The highest BCUT2D eigenvalue weighted by Gasteiger charge is 2.24.